The van der Waals surface area contributed by atoms with Crippen molar-refractivity contribution in [1.29, 1.82) is 0 Å². The van der Waals surface area contributed by atoms with E-state index in [1.54, 1.807) is 11.8 Å². The lowest BCUT2D eigenvalue weighted by Gasteiger charge is -2.36. The predicted octanol–water partition coefficient (Wildman–Crippen LogP) is 3.71. The van der Waals surface area contributed by atoms with Crippen LogP contribution >= 0.6 is 11.8 Å². The maximum Gasteiger partial charge on any atom is 0.191 e. The van der Waals surface area contributed by atoms with Crippen LogP contribution in [-0.2, 0) is 6.42 Å². The van der Waals surface area contributed by atoms with Crippen LogP contribution in [0.3, 0.4) is 0 Å². The van der Waals surface area contributed by atoms with Crippen molar-refractivity contribution in [3.05, 3.63) is 35.9 Å². The Morgan fingerprint density at radius 3 is 2.86 bits per heavy atom. The fraction of sp³-hybridized carbons (Fsp3) is 0.375. The quantitative estimate of drug-likeness (QED) is 0.691. The van der Waals surface area contributed by atoms with Crippen LogP contribution in [0.25, 0.3) is 0 Å². The van der Waals surface area contributed by atoms with Gasteiger partial charge >= 0.3 is 0 Å². The fourth-order valence-corrected chi connectivity index (χ4v) is 3.17. The average Bonchev–Trinajstić information content (AvgIpc) is 2.54. The van der Waals surface area contributed by atoms with Crippen molar-refractivity contribution in [3.63, 3.8) is 0 Å². The first kappa shape index (κ1) is 14.2. The molecule has 1 atom stereocenters. The molecule has 2 aromatic rings. The van der Waals surface area contributed by atoms with Gasteiger partial charge < -0.3 is 10.2 Å². The number of thioether (sulfide) groups is 1. The number of rotatable bonds is 3. The molecule has 1 aliphatic heterocycles. The summed E-state index contributed by atoms with van der Waals surface area (Å²) in [6.07, 6.45) is 4.28. The summed E-state index contributed by atoms with van der Waals surface area (Å²) in [6.45, 7) is 2.26. The Morgan fingerprint density at radius 2 is 2.10 bits per heavy atom. The van der Waals surface area contributed by atoms with E-state index in [1.165, 1.54) is 11.3 Å². The highest BCUT2D eigenvalue weighted by molar-refractivity contribution is 7.98. The number of benzene rings is 1. The van der Waals surface area contributed by atoms with Crippen molar-refractivity contribution < 1.29 is 0 Å². The lowest BCUT2D eigenvalue weighted by molar-refractivity contribution is 0.611. The molecule has 1 N–H and O–H groups in total. The largest absolute Gasteiger partial charge is 0.373 e. The second kappa shape index (κ2) is 5.93. The average molecular weight is 300 g/mol. The van der Waals surface area contributed by atoms with E-state index >= 15 is 0 Å². The zero-order chi connectivity index (χ0) is 14.8. The maximum atomic E-state index is 4.71. The van der Waals surface area contributed by atoms with Gasteiger partial charge in [0.2, 0.25) is 0 Å². The first-order valence-corrected chi connectivity index (χ1v) is 8.43. The van der Waals surface area contributed by atoms with Crippen molar-refractivity contribution >= 4 is 29.1 Å². The van der Waals surface area contributed by atoms with Crippen molar-refractivity contribution in [2.45, 2.75) is 31.0 Å². The Hall–Kier alpha value is -1.75. The molecule has 0 bridgehead atoms. The van der Waals surface area contributed by atoms with Gasteiger partial charge in [0.1, 0.15) is 11.6 Å². The van der Waals surface area contributed by atoms with Crippen molar-refractivity contribution in [2.75, 3.05) is 23.5 Å². The lowest BCUT2D eigenvalue weighted by Crippen LogP contribution is -2.34. The predicted molar refractivity (Wildman–Crippen MR) is 89.7 cm³/mol. The Bertz CT molecular complexity index is 622. The molecule has 4 nitrogen and oxygen atoms in total. The molecule has 3 rings (SSSR count). The van der Waals surface area contributed by atoms with Crippen LogP contribution in [0.1, 0.15) is 18.9 Å². The third kappa shape index (κ3) is 2.70. The number of nitrogens with one attached hydrogen (secondary N) is 1. The summed E-state index contributed by atoms with van der Waals surface area (Å²) in [5, 5.41) is 3.93. The van der Waals surface area contributed by atoms with Crippen LogP contribution in [0, 0.1) is 0 Å². The van der Waals surface area contributed by atoms with Gasteiger partial charge in [-0.15, -0.1) is 0 Å². The molecule has 0 radical (unpaired) electrons. The second-order valence-corrected chi connectivity index (χ2v) is 6.01. The molecule has 0 saturated heterocycles. The summed E-state index contributed by atoms with van der Waals surface area (Å²) in [7, 11) is 1.89. The molecule has 0 fully saturated rings. The monoisotopic (exact) mass is 300 g/mol. The van der Waals surface area contributed by atoms with E-state index in [2.05, 4.69) is 46.4 Å². The zero-order valence-corrected chi connectivity index (χ0v) is 13.4. The van der Waals surface area contributed by atoms with Gasteiger partial charge in [-0.1, -0.05) is 30.0 Å². The third-order valence-corrected chi connectivity index (χ3v) is 4.45. The number of aromatic nitrogens is 2. The summed E-state index contributed by atoms with van der Waals surface area (Å²) in [6, 6.07) is 11.1. The molecule has 0 saturated carbocycles. The summed E-state index contributed by atoms with van der Waals surface area (Å²) < 4.78 is 0. The lowest BCUT2D eigenvalue weighted by atomic mass is 9.97. The number of aryl methyl sites for hydroxylation is 1. The molecule has 0 aliphatic carbocycles. The van der Waals surface area contributed by atoms with E-state index in [1.807, 2.05) is 19.4 Å². The molecule has 1 aromatic heterocycles. The summed E-state index contributed by atoms with van der Waals surface area (Å²) in [5.74, 6) is 1.83. The smallest absolute Gasteiger partial charge is 0.191 e. The summed E-state index contributed by atoms with van der Waals surface area (Å²) in [5.41, 5.74) is 2.66. The second-order valence-electron chi connectivity index (χ2n) is 5.23. The van der Waals surface area contributed by atoms with Crippen molar-refractivity contribution in [1.82, 2.24) is 9.97 Å². The van der Waals surface area contributed by atoms with Gasteiger partial charge in [0, 0.05) is 24.8 Å². The molecule has 21 heavy (non-hydrogen) atoms. The van der Waals surface area contributed by atoms with Crippen LogP contribution in [-0.4, -0.2) is 29.3 Å². The fourth-order valence-electron chi connectivity index (χ4n) is 2.79. The van der Waals surface area contributed by atoms with Crippen LogP contribution in [0.5, 0.6) is 0 Å². The van der Waals surface area contributed by atoms with Gasteiger partial charge in [-0.3, -0.25) is 0 Å². The standard InChI is InChI=1S/C16H20N4S/c1-11-8-9-12-6-4-5-7-13(12)20(11)15-10-14(17-2)18-16(19-15)21-3/h4-7,10-11H,8-9H2,1-3H3,(H,17,18,19). The number of hydrogen-bond acceptors (Lipinski definition) is 5. The molecule has 5 heteroatoms. The van der Waals surface area contributed by atoms with Crippen LogP contribution in [0.15, 0.2) is 35.5 Å². The first-order valence-electron chi connectivity index (χ1n) is 7.21. The Kier molecular flexibility index (Phi) is 4.01. The van der Waals surface area contributed by atoms with Gasteiger partial charge in [-0.25, -0.2) is 9.97 Å². The molecule has 110 valence electrons. The minimum absolute atomic E-state index is 0.439. The topological polar surface area (TPSA) is 41.0 Å². The number of fused-ring (bicyclic) bond motifs is 1. The molecule has 1 aliphatic rings. The Balaban J connectivity index is 2.11. The van der Waals surface area contributed by atoms with Gasteiger partial charge in [-0.2, -0.15) is 0 Å². The van der Waals surface area contributed by atoms with E-state index in [-0.39, 0.29) is 0 Å². The molecule has 0 amide bonds. The number of para-hydroxylation sites is 1. The van der Waals surface area contributed by atoms with Crippen LogP contribution < -0.4 is 10.2 Å². The van der Waals surface area contributed by atoms with Gasteiger partial charge in [-0.05, 0) is 37.7 Å². The number of nitrogens with zero attached hydrogens (tertiary/aromatic N) is 3. The minimum atomic E-state index is 0.439. The van der Waals surface area contributed by atoms with Gasteiger partial charge in [0.15, 0.2) is 5.16 Å². The van der Waals surface area contributed by atoms with E-state index in [9.17, 15) is 0 Å². The minimum Gasteiger partial charge on any atom is -0.373 e. The highest BCUT2D eigenvalue weighted by atomic mass is 32.2. The van der Waals surface area contributed by atoms with Gasteiger partial charge in [0.05, 0.1) is 0 Å². The van der Waals surface area contributed by atoms with Gasteiger partial charge in [0.25, 0.3) is 0 Å². The molecular formula is C16H20N4S. The normalized spacial score (nSPS) is 17.5. The van der Waals surface area contributed by atoms with Crippen molar-refractivity contribution in [3.8, 4) is 0 Å². The molecule has 2 heterocycles. The number of anilines is 3. The molecular weight excluding hydrogens is 280 g/mol. The van der Waals surface area contributed by atoms with Crippen molar-refractivity contribution in [2.24, 2.45) is 0 Å². The molecule has 1 unspecified atom stereocenters. The van der Waals surface area contributed by atoms with Crippen LogP contribution in [0.4, 0.5) is 17.3 Å². The third-order valence-electron chi connectivity index (χ3n) is 3.90. The molecule has 0 spiro atoms. The van der Waals surface area contributed by atoms with E-state index in [4.69, 9.17) is 4.98 Å². The van der Waals surface area contributed by atoms with Crippen LogP contribution in [0.2, 0.25) is 0 Å². The zero-order valence-electron chi connectivity index (χ0n) is 12.6. The maximum absolute atomic E-state index is 4.71. The number of hydrogen-bond donors (Lipinski definition) is 1. The highest BCUT2D eigenvalue weighted by Crippen LogP contribution is 2.36. The highest BCUT2D eigenvalue weighted by Gasteiger charge is 2.25. The van der Waals surface area contributed by atoms with E-state index in [0.29, 0.717) is 6.04 Å². The first-order chi connectivity index (χ1) is 10.2. The molecule has 1 aromatic carbocycles. The summed E-state index contributed by atoms with van der Waals surface area (Å²) >= 11 is 1.57. The van der Waals surface area contributed by atoms with E-state index in [0.717, 1.165) is 29.6 Å². The van der Waals surface area contributed by atoms with E-state index < -0.39 is 0 Å². The Labute approximate surface area is 130 Å². The summed E-state index contributed by atoms with van der Waals surface area (Å²) in [4.78, 5) is 11.5. The SMILES string of the molecule is CNc1cc(N2c3ccccc3CCC2C)nc(SC)n1. The Morgan fingerprint density at radius 1 is 1.29 bits per heavy atom.